The lowest BCUT2D eigenvalue weighted by Crippen LogP contribution is -2.35. The van der Waals surface area contributed by atoms with Crippen LogP contribution in [0.15, 0.2) is 24.5 Å². The van der Waals surface area contributed by atoms with Gasteiger partial charge in [0.15, 0.2) is 11.6 Å². The van der Waals surface area contributed by atoms with E-state index in [9.17, 15) is 17.6 Å². The van der Waals surface area contributed by atoms with Gasteiger partial charge in [-0.3, -0.25) is 0 Å². The summed E-state index contributed by atoms with van der Waals surface area (Å²) >= 11 is 0. The van der Waals surface area contributed by atoms with Gasteiger partial charge in [-0.25, -0.2) is 14.4 Å². The number of pyridine rings is 1. The van der Waals surface area contributed by atoms with E-state index in [0.29, 0.717) is 19.5 Å². The van der Waals surface area contributed by atoms with Crippen LogP contribution in [0.1, 0.15) is 30.3 Å². The van der Waals surface area contributed by atoms with E-state index in [1.165, 1.54) is 18.3 Å². The van der Waals surface area contributed by atoms with Gasteiger partial charge in [-0.1, -0.05) is 0 Å². The molecule has 3 rings (SSSR count). The molecule has 0 bridgehead atoms. The fourth-order valence-corrected chi connectivity index (χ4v) is 2.69. The Bertz CT molecular complexity index is 652. The molecule has 1 saturated heterocycles. The molecule has 0 saturated carbocycles. The molecule has 0 aromatic carbocycles. The van der Waals surface area contributed by atoms with Crippen LogP contribution in [-0.2, 0) is 6.18 Å². The second kappa shape index (κ2) is 5.58. The number of piperidine rings is 1. The first-order valence-electron chi connectivity index (χ1n) is 6.92. The summed E-state index contributed by atoms with van der Waals surface area (Å²) in [5.74, 6) is -0.118. The van der Waals surface area contributed by atoms with E-state index in [0.717, 1.165) is 12.6 Å². The summed E-state index contributed by atoms with van der Waals surface area (Å²) in [6.45, 7) is 1.01. The van der Waals surface area contributed by atoms with Crippen molar-refractivity contribution >= 4 is 5.82 Å². The van der Waals surface area contributed by atoms with Gasteiger partial charge >= 0.3 is 6.18 Å². The fourth-order valence-electron chi connectivity index (χ4n) is 2.69. The molecule has 4 nitrogen and oxygen atoms in total. The first-order chi connectivity index (χ1) is 10.4. The second-order valence-corrected chi connectivity index (χ2v) is 5.27. The minimum atomic E-state index is -4.44. The summed E-state index contributed by atoms with van der Waals surface area (Å²) in [5, 5.41) is 0. The van der Waals surface area contributed by atoms with E-state index >= 15 is 0 Å². The van der Waals surface area contributed by atoms with Gasteiger partial charge in [0.25, 0.3) is 0 Å². The first kappa shape index (κ1) is 14.8. The Hall–Kier alpha value is -2.12. The topological polar surface area (TPSA) is 44.8 Å². The zero-order valence-electron chi connectivity index (χ0n) is 11.6. The third kappa shape index (κ3) is 2.90. The Morgan fingerprint density at radius 2 is 2.09 bits per heavy atom. The van der Waals surface area contributed by atoms with Crippen molar-refractivity contribution in [2.45, 2.75) is 24.9 Å². The Labute approximate surface area is 124 Å². The molecule has 3 heterocycles. The van der Waals surface area contributed by atoms with Crippen LogP contribution >= 0.6 is 0 Å². The summed E-state index contributed by atoms with van der Waals surface area (Å²) < 4.78 is 51.7. The number of H-pyrrole nitrogens is 1. The van der Waals surface area contributed by atoms with Crippen molar-refractivity contribution < 1.29 is 17.6 Å². The minimum Gasteiger partial charge on any atom is -0.353 e. The average molecular weight is 314 g/mol. The number of alkyl halides is 3. The van der Waals surface area contributed by atoms with Gasteiger partial charge in [0.2, 0.25) is 0 Å². The Morgan fingerprint density at radius 3 is 2.77 bits per heavy atom. The largest absolute Gasteiger partial charge is 0.432 e. The molecule has 0 spiro atoms. The quantitative estimate of drug-likeness (QED) is 0.865. The molecule has 8 heteroatoms. The van der Waals surface area contributed by atoms with E-state index in [4.69, 9.17) is 0 Å². The molecule has 118 valence electrons. The predicted octanol–water partition coefficient (Wildman–Crippen LogP) is 3.35. The third-order valence-corrected chi connectivity index (χ3v) is 3.75. The Balaban J connectivity index is 1.79. The summed E-state index contributed by atoms with van der Waals surface area (Å²) in [6.07, 6.45) is -0.697. The van der Waals surface area contributed by atoms with Crippen molar-refractivity contribution in [3.05, 3.63) is 41.9 Å². The molecule has 0 amide bonds. The van der Waals surface area contributed by atoms with Crippen LogP contribution in [0.4, 0.5) is 23.4 Å². The summed E-state index contributed by atoms with van der Waals surface area (Å²) in [6, 6.07) is 2.82. The lowest BCUT2D eigenvalue weighted by Gasteiger charge is -2.32. The van der Waals surface area contributed by atoms with Crippen LogP contribution in [0.5, 0.6) is 0 Å². The van der Waals surface area contributed by atoms with Crippen molar-refractivity contribution in [1.29, 1.82) is 0 Å². The zero-order valence-corrected chi connectivity index (χ0v) is 11.6. The van der Waals surface area contributed by atoms with Crippen LogP contribution in [0, 0.1) is 5.82 Å². The molecule has 0 radical (unpaired) electrons. The molecule has 1 N–H and O–H groups in total. The monoisotopic (exact) mass is 314 g/mol. The van der Waals surface area contributed by atoms with E-state index in [1.54, 1.807) is 4.90 Å². The molecule has 2 aromatic heterocycles. The average Bonchev–Trinajstić information content (AvgIpc) is 2.98. The summed E-state index contributed by atoms with van der Waals surface area (Å²) in [4.78, 5) is 11.9. The fraction of sp³-hybridized carbons (Fsp3) is 0.429. The van der Waals surface area contributed by atoms with Gasteiger partial charge in [-0.05, 0) is 25.0 Å². The van der Waals surface area contributed by atoms with Gasteiger partial charge in [-0.2, -0.15) is 13.2 Å². The SMILES string of the molecule is Fc1cccnc1N1CCCC(c2ncc(C(F)(F)F)[nH]2)C1. The minimum absolute atomic E-state index is 0.203. The molecular formula is C14H14F4N4. The normalized spacial score (nSPS) is 19.5. The van der Waals surface area contributed by atoms with Crippen molar-refractivity contribution in [3.63, 3.8) is 0 Å². The highest BCUT2D eigenvalue weighted by Crippen LogP contribution is 2.32. The molecule has 1 fully saturated rings. The van der Waals surface area contributed by atoms with E-state index in [1.807, 2.05) is 0 Å². The van der Waals surface area contributed by atoms with E-state index in [-0.39, 0.29) is 17.6 Å². The highest BCUT2D eigenvalue weighted by Gasteiger charge is 2.34. The van der Waals surface area contributed by atoms with E-state index in [2.05, 4.69) is 15.0 Å². The number of hydrogen-bond acceptors (Lipinski definition) is 3. The Kier molecular flexibility index (Phi) is 3.76. The number of rotatable bonds is 2. The van der Waals surface area contributed by atoms with Gasteiger partial charge < -0.3 is 9.88 Å². The number of imidazole rings is 1. The van der Waals surface area contributed by atoms with Gasteiger partial charge in [0, 0.05) is 25.2 Å². The predicted molar refractivity (Wildman–Crippen MR) is 72.0 cm³/mol. The zero-order chi connectivity index (χ0) is 15.7. The Morgan fingerprint density at radius 1 is 1.27 bits per heavy atom. The van der Waals surface area contributed by atoms with Crippen LogP contribution in [0.3, 0.4) is 0 Å². The van der Waals surface area contributed by atoms with Gasteiger partial charge in [0.05, 0.1) is 6.20 Å². The number of anilines is 1. The van der Waals surface area contributed by atoms with Gasteiger partial charge in [0.1, 0.15) is 11.5 Å². The number of nitrogens with one attached hydrogen (secondary N) is 1. The third-order valence-electron chi connectivity index (χ3n) is 3.75. The summed E-state index contributed by atoms with van der Waals surface area (Å²) in [7, 11) is 0. The smallest absolute Gasteiger partial charge is 0.353 e. The lowest BCUT2D eigenvalue weighted by atomic mass is 9.97. The lowest BCUT2D eigenvalue weighted by molar-refractivity contribution is -0.141. The second-order valence-electron chi connectivity index (χ2n) is 5.27. The van der Waals surface area contributed by atoms with Crippen LogP contribution in [0.25, 0.3) is 0 Å². The van der Waals surface area contributed by atoms with Crippen LogP contribution in [0.2, 0.25) is 0 Å². The van der Waals surface area contributed by atoms with Crippen molar-refractivity contribution in [1.82, 2.24) is 15.0 Å². The molecule has 0 aliphatic carbocycles. The molecule has 22 heavy (non-hydrogen) atoms. The van der Waals surface area contributed by atoms with E-state index < -0.39 is 17.7 Å². The molecule has 1 unspecified atom stereocenters. The maximum atomic E-state index is 13.8. The van der Waals surface area contributed by atoms with Gasteiger partial charge in [-0.15, -0.1) is 0 Å². The summed E-state index contributed by atoms with van der Waals surface area (Å²) in [5.41, 5.74) is -0.858. The maximum absolute atomic E-state index is 13.8. The number of hydrogen-bond donors (Lipinski definition) is 1. The van der Waals surface area contributed by atoms with Crippen molar-refractivity contribution in [2.75, 3.05) is 18.0 Å². The number of halogens is 4. The molecule has 1 atom stereocenters. The number of nitrogens with zero attached hydrogens (tertiary/aromatic N) is 3. The molecular weight excluding hydrogens is 300 g/mol. The molecule has 1 aliphatic heterocycles. The molecule has 1 aliphatic rings. The molecule has 2 aromatic rings. The number of aromatic nitrogens is 3. The highest BCUT2D eigenvalue weighted by molar-refractivity contribution is 5.40. The number of aromatic amines is 1. The standard InChI is InChI=1S/C14H14F4N4/c15-10-4-1-5-19-13(10)22-6-2-3-9(8-22)12-20-7-11(21-12)14(16,17)18/h1,4-5,7,9H,2-3,6,8H2,(H,20,21). The first-order valence-corrected chi connectivity index (χ1v) is 6.92. The maximum Gasteiger partial charge on any atom is 0.432 e. The van der Waals surface area contributed by atoms with Crippen molar-refractivity contribution in [3.8, 4) is 0 Å². The van der Waals surface area contributed by atoms with Crippen LogP contribution < -0.4 is 4.90 Å². The van der Waals surface area contributed by atoms with Crippen LogP contribution in [-0.4, -0.2) is 28.0 Å². The van der Waals surface area contributed by atoms with Crippen molar-refractivity contribution in [2.24, 2.45) is 0 Å². The highest BCUT2D eigenvalue weighted by atomic mass is 19.4.